The minimum atomic E-state index is -0.891. The molecule has 0 aromatic rings. The summed E-state index contributed by atoms with van der Waals surface area (Å²) in [7, 11) is 0. The molecule has 0 atom stereocenters. The predicted molar refractivity (Wildman–Crippen MR) is 82.5 cm³/mol. The summed E-state index contributed by atoms with van der Waals surface area (Å²) in [5, 5.41) is 0.314. The second kappa shape index (κ2) is 12.1. The van der Waals surface area contributed by atoms with Crippen LogP contribution in [0.1, 0.15) is 48.0 Å². The van der Waals surface area contributed by atoms with Gasteiger partial charge in [-0.1, -0.05) is 27.7 Å². The molecule has 0 saturated heterocycles. The van der Waals surface area contributed by atoms with Crippen molar-refractivity contribution < 1.29 is 28.8 Å². The number of carbonyl (C=O) groups is 5. The van der Waals surface area contributed by atoms with Gasteiger partial charge in [-0.3, -0.25) is 24.1 Å². The molecule has 1 aliphatic rings. The van der Waals surface area contributed by atoms with E-state index in [4.69, 9.17) is 0 Å². The number of nitrogens with zero attached hydrogens (tertiary/aromatic N) is 2. The lowest BCUT2D eigenvalue weighted by Gasteiger charge is -2.17. The molecule has 0 aromatic carbocycles. The van der Waals surface area contributed by atoms with Crippen molar-refractivity contribution >= 4 is 29.6 Å². The third-order valence-electron chi connectivity index (χ3n) is 2.21. The van der Waals surface area contributed by atoms with Gasteiger partial charge in [0.15, 0.2) is 0 Å². The number of hydrogen-bond donors (Lipinski definition) is 0. The van der Waals surface area contributed by atoms with E-state index in [-0.39, 0.29) is 13.0 Å². The molecular weight excluding hydrogens is 304 g/mol. The van der Waals surface area contributed by atoms with Gasteiger partial charge in [0.2, 0.25) is 0 Å². The minimum absolute atomic E-state index is 0.173. The van der Waals surface area contributed by atoms with Gasteiger partial charge in [0.05, 0.1) is 6.42 Å². The Hall–Kier alpha value is -2.51. The average molecular weight is 328 g/mol. The van der Waals surface area contributed by atoms with E-state index in [0.29, 0.717) is 5.06 Å². The number of carbonyl (C=O) groups excluding carboxylic acids is 5. The highest BCUT2D eigenvalue weighted by atomic mass is 16.7. The summed E-state index contributed by atoms with van der Waals surface area (Å²) >= 11 is 0. The molecule has 0 spiro atoms. The van der Waals surface area contributed by atoms with Crippen LogP contribution in [0.4, 0.5) is 0 Å². The van der Waals surface area contributed by atoms with Crippen molar-refractivity contribution in [3.63, 3.8) is 0 Å². The normalized spacial score (nSPS) is 11.8. The zero-order chi connectivity index (χ0) is 18.6. The number of hydroxylamine groups is 2. The predicted octanol–water partition coefficient (Wildman–Crippen LogP) is 1.21. The van der Waals surface area contributed by atoms with Crippen LogP contribution >= 0.6 is 0 Å². The summed E-state index contributed by atoms with van der Waals surface area (Å²) in [4.78, 5) is 61.1. The maximum atomic E-state index is 11.4. The van der Waals surface area contributed by atoms with Crippen LogP contribution in [-0.4, -0.2) is 46.1 Å². The third kappa shape index (κ3) is 7.89. The fourth-order valence-corrected chi connectivity index (χ4v) is 1.35. The maximum Gasteiger partial charge on any atom is 0.335 e. The Kier molecular flexibility index (Phi) is 12.0. The van der Waals surface area contributed by atoms with Crippen LogP contribution in [0.25, 0.3) is 0 Å². The molecule has 1 heterocycles. The Morgan fingerprint density at radius 2 is 1.35 bits per heavy atom. The Labute approximate surface area is 136 Å². The number of hydrogen-bond acceptors (Lipinski definition) is 6. The molecule has 0 unspecified atom stereocenters. The van der Waals surface area contributed by atoms with Crippen LogP contribution in [-0.2, 0) is 28.8 Å². The summed E-state index contributed by atoms with van der Waals surface area (Å²) in [5.74, 6) is -3.41. The number of imide groups is 2. The zero-order valence-electron chi connectivity index (χ0n) is 14.4. The van der Waals surface area contributed by atoms with Crippen LogP contribution in [0, 0.1) is 0 Å². The average Bonchev–Trinajstić information content (AvgIpc) is 2.85. The van der Waals surface area contributed by atoms with Crippen LogP contribution in [0.15, 0.2) is 12.2 Å². The largest absolute Gasteiger partial charge is 0.335 e. The van der Waals surface area contributed by atoms with Crippen molar-refractivity contribution in [2.75, 3.05) is 6.54 Å². The van der Waals surface area contributed by atoms with Crippen LogP contribution < -0.4 is 0 Å². The van der Waals surface area contributed by atoms with Gasteiger partial charge in [0, 0.05) is 32.5 Å². The molecule has 130 valence electrons. The quantitative estimate of drug-likeness (QED) is 0.570. The van der Waals surface area contributed by atoms with Crippen molar-refractivity contribution in [1.29, 1.82) is 0 Å². The first-order valence-corrected chi connectivity index (χ1v) is 7.38. The summed E-state index contributed by atoms with van der Waals surface area (Å²) in [5.41, 5.74) is 0. The monoisotopic (exact) mass is 328 g/mol. The first-order chi connectivity index (χ1) is 10.8. The second-order valence-electron chi connectivity index (χ2n) is 3.71. The topological polar surface area (TPSA) is 101 Å². The minimum Gasteiger partial charge on any atom is -0.330 e. The molecule has 8 heteroatoms. The Balaban J connectivity index is 0. The van der Waals surface area contributed by atoms with Crippen LogP contribution in [0.2, 0.25) is 0 Å². The molecule has 8 nitrogen and oxygen atoms in total. The van der Waals surface area contributed by atoms with E-state index >= 15 is 0 Å². The van der Waals surface area contributed by atoms with Crippen LogP contribution in [0.5, 0.6) is 0 Å². The molecule has 4 amide bonds. The van der Waals surface area contributed by atoms with Gasteiger partial charge in [0.25, 0.3) is 23.6 Å². The molecule has 0 N–H and O–H groups in total. The van der Waals surface area contributed by atoms with E-state index in [0.717, 1.165) is 30.9 Å². The molecule has 0 saturated carbocycles. The zero-order valence-corrected chi connectivity index (χ0v) is 14.4. The number of rotatable bonds is 3. The van der Waals surface area contributed by atoms with E-state index in [2.05, 4.69) is 4.84 Å². The highest BCUT2D eigenvalue weighted by Crippen LogP contribution is 2.05. The van der Waals surface area contributed by atoms with Gasteiger partial charge in [-0.05, 0) is 0 Å². The van der Waals surface area contributed by atoms with Gasteiger partial charge in [-0.25, -0.2) is 4.79 Å². The summed E-state index contributed by atoms with van der Waals surface area (Å²) < 4.78 is 0. The summed E-state index contributed by atoms with van der Waals surface area (Å²) in [6.45, 7) is 9.95. The molecule has 0 aliphatic carbocycles. The van der Waals surface area contributed by atoms with Gasteiger partial charge in [-0.2, -0.15) is 0 Å². The first-order valence-electron chi connectivity index (χ1n) is 7.38. The van der Waals surface area contributed by atoms with Gasteiger partial charge < -0.3 is 4.84 Å². The molecule has 1 aliphatic heterocycles. The molecule has 0 aromatic heterocycles. The van der Waals surface area contributed by atoms with Crippen LogP contribution in [0.3, 0.4) is 0 Å². The Morgan fingerprint density at radius 1 is 0.957 bits per heavy atom. The van der Waals surface area contributed by atoms with Gasteiger partial charge >= 0.3 is 5.97 Å². The summed E-state index contributed by atoms with van der Waals surface area (Å²) in [6, 6.07) is 0. The lowest BCUT2D eigenvalue weighted by Crippen LogP contribution is -2.37. The van der Waals surface area contributed by atoms with Crippen molar-refractivity contribution in [3.8, 4) is 0 Å². The van der Waals surface area contributed by atoms with Crippen molar-refractivity contribution in [2.45, 2.75) is 48.0 Å². The Bertz CT molecular complexity index is 452. The second-order valence-corrected chi connectivity index (χ2v) is 3.71. The highest BCUT2D eigenvalue weighted by Gasteiger charge is 2.25. The standard InChI is InChI=1S/C11H12N2O6.2C2H6/c1-7(14)13(8(2)15)19-11(18)5-6-12-9(16)3-4-10(12)17;2*1-2/h3-4H,5-6H2,1-2H3;2*1-2H3. The molecule has 0 radical (unpaired) electrons. The molecule has 0 bridgehead atoms. The Morgan fingerprint density at radius 3 is 1.70 bits per heavy atom. The van der Waals surface area contributed by atoms with Crippen molar-refractivity contribution in [1.82, 2.24) is 9.96 Å². The van der Waals surface area contributed by atoms with E-state index < -0.39 is 29.6 Å². The fourth-order valence-electron chi connectivity index (χ4n) is 1.35. The lowest BCUT2D eigenvalue weighted by molar-refractivity contribution is -0.200. The lowest BCUT2D eigenvalue weighted by atomic mass is 10.4. The van der Waals surface area contributed by atoms with E-state index in [1.54, 1.807) is 0 Å². The van der Waals surface area contributed by atoms with E-state index in [1.807, 2.05) is 27.7 Å². The number of amides is 4. The molecule has 1 rings (SSSR count). The molecular formula is C15H24N2O6. The van der Waals surface area contributed by atoms with E-state index in [9.17, 15) is 24.0 Å². The van der Waals surface area contributed by atoms with Crippen molar-refractivity contribution in [3.05, 3.63) is 12.2 Å². The first kappa shape index (κ1) is 22.8. The van der Waals surface area contributed by atoms with Gasteiger partial charge in [-0.15, -0.1) is 5.06 Å². The molecule has 0 fully saturated rings. The van der Waals surface area contributed by atoms with E-state index in [1.165, 1.54) is 0 Å². The smallest absolute Gasteiger partial charge is 0.330 e. The molecule has 23 heavy (non-hydrogen) atoms. The fraction of sp³-hybridized carbons (Fsp3) is 0.533. The van der Waals surface area contributed by atoms with Gasteiger partial charge in [0.1, 0.15) is 0 Å². The highest BCUT2D eigenvalue weighted by molar-refractivity contribution is 6.13. The van der Waals surface area contributed by atoms with Crippen molar-refractivity contribution in [2.24, 2.45) is 0 Å². The third-order valence-corrected chi connectivity index (χ3v) is 2.21. The summed E-state index contributed by atoms with van der Waals surface area (Å²) in [6.07, 6.45) is 1.87. The maximum absolute atomic E-state index is 11.4. The SMILES string of the molecule is CC.CC.CC(=O)N(OC(=O)CCN1C(=O)C=CC1=O)C(C)=O.